The molecule has 0 aliphatic heterocycles. The fourth-order valence-electron chi connectivity index (χ4n) is 3.30. The lowest BCUT2D eigenvalue weighted by Gasteiger charge is -2.26. The van der Waals surface area contributed by atoms with E-state index < -0.39 is 0 Å². The van der Waals surface area contributed by atoms with Gasteiger partial charge in [-0.3, -0.25) is 9.89 Å². The minimum absolute atomic E-state index is 0. The summed E-state index contributed by atoms with van der Waals surface area (Å²) in [4.78, 5) is 6.93. The van der Waals surface area contributed by atoms with Crippen LogP contribution in [-0.2, 0) is 11.3 Å². The highest BCUT2D eigenvalue weighted by Gasteiger charge is 2.30. The summed E-state index contributed by atoms with van der Waals surface area (Å²) in [6, 6.07) is 7.70. The Hall–Kier alpha value is -1.06. The molecule has 1 saturated carbocycles. The average Bonchev–Trinajstić information content (AvgIpc) is 3.50. The smallest absolute Gasteiger partial charge is 0.191 e. The molecule has 0 radical (unpaired) electrons. The van der Waals surface area contributed by atoms with Crippen LogP contribution in [0.2, 0.25) is 0 Å². The number of rotatable bonds is 12. The fraction of sp³-hybridized carbons (Fsp3) is 0.682. The SMILES string of the molecule is CN=C(NCCN(C(C)C)C1CC1)NCc1ccc(C)cc1OCCCOC.I. The summed E-state index contributed by atoms with van der Waals surface area (Å²) in [5, 5.41) is 6.85. The maximum Gasteiger partial charge on any atom is 0.191 e. The second-order valence-electron chi connectivity index (χ2n) is 7.72. The average molecular weight is 518 g/mol. The molecule has 2 rings (SSSR count). The number of hydrogen-bond acceptors (Lipinski definition) is 4. The quantitative estimate of drug-likeness (QED) is 0.192. The number of nitrogens with one attached hydrogen (secondary N) is 2. The van der Waals surface area contributed by atoms with Crippen LogP contribution in [0, 0.1) is 6.92 Å². The van der Waals surface area contributed by atoms with Crippen LogP contribution >= 0.6 is 24.0 Å². The molecule has 7 heteroatoms. The number of methoxy groups -OCH3 is 1. The molecule has 6 nitrogen and oxygen atoms in total. The van der Waals surface area contributed by atoms with Gasteiger partial charge in [-0.2, -0.15) is 0 Å². The zero-order chi connectivity index (χ0) is 20.4. The zero-order valence-corrected chi connectivity index (χ0v) is 21.0. The van der Waals surface area contributed by atoms with Crippen LogP contribution in [0.1, 0.15) is 44.2 Å². The maximum atomic E-state index is 5.97. The van der Waals surface area contributed by atoms with Crippen LogP contribution in [0.25, 0.3) is 0 Å². The molecular weight excluding hydrogens is 479 g/mol. The Balaban J connectivity index is 0.00000420. The molecule has 0 saturated heterocycles. The molecule has 29 heavy (non-hydrogen) atoms. The summed E-state index contributed by atoms with van der Waals surface area (Å²) in [6.07, 6.45) is 3.56. The molecule has 1 aromatic carbocycles. The van der Waals surface area contributed by atoms with Crippen molar-refractivity contribution in [2.45, 2.75) is 58.7 Å². The predicted octanol–water partition coefficient (Wildman–Crippen LogP) is 3.57. The molecule has 1 aromatic rings. The van der Waals surface area contributed by atoms with Crippen molar-refractivity contribution in [3.63, 3.8) is 0 Å². The molecule has 0 unspecified atom stereocenters. The van der Waals surface area contributed by atoms with Crippen LogP contribution in [0.4, 0.5) is 0 Å². The number of hydrogen-bond donors (Lipinski definition) is 2. The second kappa shape index (κ2) is 14.0. The fourth-order valence-corrected chi connectivity index (χ4v) is 3.30. The van der Waals surface area contributed by atoms with Crippen LogP contribution in [0.5, 0.6) is 5.75 Å². The van der Waals surface area contributed by atoms with Gasteiger partial charge in [0.15, 0.2) is 5.96 Å². The molecule has 166 valence electrons. The Morgan fingerprint density at radius 3 is 2.62 bits per heavy atom. The van der Waals surface area contributed by atoms with Gasteiger partial charge in [0.25, 0.3) is 0 Å². The molecule has 1 aliphatic rings. The van der Waals surface area contributed by atoms with E-state index in [0.29, 0.717) is 25.8 Å². The topological polar surface area (TPSA) is 58.1 Å². The van der Waals surface area contributed by atoms with Crippen LogP contribution < -0.4 is 15.4 Å². The highest BCUT2D eigenvalue weighted by molar-refractivity contribution is 14.0. The molecule has 0 aromatic heterocycles. The van der Waals surface area contributed by atoms with E-state index >= 15 is 0 Å². The Bertz CT molecular complexity index is 619. The number of aryl methyl sites for hydroxylation is 1. The number of aliphatic imine (C=N–C) groups is 1. The van der Waals surface area contributed by atoms with Crippen LogP contribution in [0.15, 0.2) is 23.2 Å². The molecule has 2 N–H and O–H groups in total. The van der Waals surface area contributed by atoms with Crippen molar-refractivity contribution >= 4 is 29.9 Å². The minimum Gasteiger partial charge on any atom is -0.493 e. The van der Waals surface area contributed by atoms with Gasteiger partial charge in [0.05, 0.1) is 6.61 Å². The lowest BCUT2D eigenvalue weighted by atomic mass is 10.1. The monoisotopic (exact) mass is 518 g/mol. The van der Waals surface area contributed by atoms with Crippen LogP contribution in [0.3, 0.4) is 0 Å². The number of halogens is 1. The second-order valence-corrected chi connectivity index (χ2v) is 7.72. The van der Waals surface area contributed by atoms with Crippen molar-refractivity contribution in [3.05, 3.63) is 29.3 Å². The van der Waals surface area contributed by atoms with E-state index in [1.54, 1.807) is 7.11 Å². The van der Waals surface area contributed by atoms with E-state index in [-0.39, 0.29) is 24.0 Å². The zero-order valence-electron chi connectivity index (χ0n) is 18.7. The normalized spacial score (nSPS) is 14.1. The molecule has 0 bridgehead atoms. The number of nitrogens with zero attached hydrogens (tertiary/aromatic N) is 2. The lowest BCUT2D eigenvalue weighted by molar-refractivity contribution is 0.171. The Labute approximate surface area is 193 Å². The number of ether oxygens (including phenoxy) is 2. The summed E-state index contributed by atoms with van der Waals surface area (Å²) in [6.45, 7) is 10.6. The Morgan fingerprint density at radius 1 is 1.24 bits per heavy atom. The number of benzene rings is 1. The van der Waals surface area contributed by atoms with E-state index in [0.717, 1.165) is 42.8 Å². The summed E-state index contributed by atoms with van der Waals surface area (Å²) in [7, 11) is 3.53. The van der Waals surface area contributed by atoms with Gasteiger partial charge in [0.2, 0.25) is 0 Å². The summed E-state index contributed by atoms with van der Waals surface area (Å²) in [5.74, 6) is 1.75. The van der Waals surface area contributed by atoms with Gasteiger partial charge in [0, 0.05) is 64.5 Å². The molecule has 0 atom stereocenters. The van der Waals surface area contributed by atoms with Crippen molar-refractivity contribution in [3.8, 4) is 5.75 Å². The van der Waals surface area contributed by atoms with E-state index in [1.165, 1.54) is 18.4 Å². The van der Waals surface area contributed by atoms with E-state index in [2.05, 4.69) is 59.5 Å². The van der Waals surface area contributed by atoms with E-state index in [1.807, 2.05) is 7.05 Å². The highest BCUT2D eigenvalue weighted by atomic mass is 127. The Morgan fingerprint density at radius 2 is 2.00 bits per heavy atom. The first-order valence-electron chi connectivity index (χ1n) is 10.5. The molecular formula is C22H39IN4O2. The van der Waals surface area contributed by atoms with Gasteiger partial charge < -0.3 is 20.1 Å². The molecule has 0 spiro atoms. The third-order valence-electron chi connectivity index (χ3n) is 4.98. The summed E-state index contributed by atoms with van der Waals surface area (Å²) < 4.78 is 11.1. The summed E-state index contributed by atoms with van der Waals surface area (Å²) in [5.41, 5.74) is 2.33. The minimum atomic E-state index is 0. The van der Waals surface area contributed by atoms with E-state index in [4.69, 9.17) is 9.47 Å². The third kappa shape index (κ3) is 9.53. The standard InChI is InChI=1S/C22H38N4O2.HI/c1-17(2)26(20-9-10-20)12-11-24-22(23-4)25-16-19-8-7-18(3)15-21(19)28-14-6-13-27-5;/h7-8,15,17,20H,6,9-14,16H2,1-5H3,(H2,23,24,25);1H. The van der Waals surface area contributed by atoms with Gasteiger partial charge >= 0.3 is 0 Å². The van der Waals surface area contributed by atoms with Crippen molar-refractivity contribution in [1.82, 2.24) is 15.5 Å². The van der Waals surface area contributed by atoms with Gasteiger partial charge in [0.1, 0.15) is 5.75 Å². The summed E-state index contributed by atoms with van der Waals surface area (Å²) >= 11 is 0. The molecule has 1 fully saturated rings. The third-order valence-corrected chi connectivity index (χ3v) is 4.98. The van der Waals surface area contributed by atoms with Crippen molar-refractivity contribution < 1.29 is 9.47 Å². The van der Waals surface area contributed by atoms with Gasteiger partial charge in [-0.05, 0) is 45.2 Å². The molecule has 1 aliphatic carbocycles. The van der Waals surface area contributed by atoms with Gasteiger partial charge in [-0.25, -0.2) is 0 Å². The lowest BCUT2D eigenvalue weighted by Crippen LogP contribution is -2.43. The predicted molar refractivity (Wildman–Crippen MR) is 132 cm³/mol. The first kappa shape index (κ1) is 26.0. The first-order chi connectivity index (χ1) is 13.5. The largest absolute Gasteiger partial charge is 0.493 e. The highest BCUT2D eigenvalue weighted by Crippen LogP contribution is 2.28. The van der Waals surface area contributed by atoms with Gasteiger partial charge in [-0.15, -0.1) is 24.0 Å². The van der Waals surface area contributed by atoms with Crippen LogP contribution in [-0.4, -0.2) is 63.4 Å². The number of guanidine groups is 1. The van der Waals surface area contributed by atoms with Crippen molar-refractivity contribution in [2.24, 2.45) is 4.99 Å². The maximum absolute atomic E-state index is 5.97. The Kier molecular flexibility index (Phi) is 12.6. The van der Waals surface area contributed by atoms with Crippen molar-refractivity contribution in [1.29, 1.82) is 0 Å². The van der Waals surface area contributed by atoms with E-state index in [9.17, 15) is 0 Å². The van der Waals surface area contributed by atoms with Crippen molar-refractivity contribution in [2.75, 3.05) is 40.5 Å². The molecule has 0 heterocycles. The molecule has 0 amide bonds. The van der Waals surface area contributed by atoms with Gasteiger partial charge in [-0.1, -0.05) is 12.1 Å². The first-order valence-corrected chi connectivity index (χ1v) is 10.5.